The summed E-state index contributed by atoms with van der Waals surface area (Å²) >= 11 is 1.68. The molecule has 5 aromatic rings. The Labute approximate surface area is 261 Å². The minimum absolute atomic E-state index is 0.00927. The van der Waals surface area contributed by atoms with Gasteiger partial charge >= 0.3 is 0 Å². The number of hydrogen-bond acceptors (Lipinski definition) is 6. The third kappa shape index (κ3) is 7.11. The second-order valence-electron chi connectivity index (χ2n) is 10.8. The van der Waals surface area contributed by atoms with E-state index in [1.807, 2.05) is 90.6 Å². The predicted molar refractivity (Wildman–Crippen MR) is 172 cm³/mol. The van der Waals surface area contributed by atoms with E-state index in [1.54, 1.807) is 18.0 Å². The van der Waals surface area contributed by atoms with E-state index in [-0.39, 0.29) is 24.7 Å². The van der Waals surface area contributed by atoms with Gasteiger partial charge in [0.25, 0.3) is 5.91 Å². The van der Waals surface area contributed by atoms with Crippen molar-refractivity contribution in [3.63, 3.8) is 0 Å². The fourth-order valence-electron chi connectivity index (χ4n) is 5.32. The largest absolute Gasteiger partial charge is 0.392 e. The number of amides is 1. The molecule has 1 aliphatic rings. The van der Waals surface area contributed by atoms with Crippen molar-refractivity contribution in [2.75, 3.05) is 5.75 Å². The van der Waals surface area contributed by atoms with Gasteiger partial charge in [0, 0.05) is 49.3 Å². The number of aryl methyl sites for hydroxylation is 1. The molecule has 1 amide bonds. The monoisotopic (exact) mass is 605 g/mol. The van der Waals surface area contributed by atoms with Gasteiger partial charge in [-0.25, -0.2) is 4.98 Å². The Morgan fingerprint density at radius 3 is 2.39 bits per heavy atom. The summed E-state index contributed by atoms with van der Waals surface area (Å²) in [7, 11) is 1.99. The average molecular weight is 606 g/mol. The van der Waals surface area contributed by atoms with Crippen LogP contribution in [0, 0.1) is 0 Å². The summed E-state index contributed by atoms with van der Waals surface area (Å²) in [5.41, 5.74) is 6.65. The summed E-state index contributed by atoms with van der Waals surface area (Å²) in [6.07, 6.45) is 3.73. The topological polar surface area (TPSA) is 85.6 Å². The molecule has 8 heteroatoms. The number of ether oxygens (including phenoxy) is 2. The lowest BCUT2D eigenvalue weighted by atomic mass is 9.97. The van der Waals surface area contributed by atoms with Crippen LogP contribution < -0.4 is 5.32 Å². The first kappa shape index (κ1) is 29.8. The normalized spacial score (nSPS) is 18.2. The van der Waals surface area contributed by atoms with E-state index in [0.29, 0.717) is 18.5 Å². The summed E-state index contributed by atoms with van der Waals surface area (Å²) in [6.45, 7) is 0.432. The number of imidazole rings is 1. The molecule has 7 nitrogen and oxygen atoms in total. The Morgan fingerprint density at radius 2 is 1.66 bits per heavy atom. The van der Waals surface area contributed by atoms with Gasteiger partial charge in [0.2, 0.25) is 0 Å². The van der Waals surface area contributed by atoms with Crippen LogP contribution in [-0.2, 0) is 29.7 Å². The van der Waals surface area contributed by atoms with E-state index >= 15 is 0 Å². The Balaban J connectivity index is 1.19. The standard InChI is InChI=1S/C36H35N3O4S/c1-39-20-19-37-36(39)44-24-31-21-33(27-13-11-25(23-40)12-14-27)43-35(42-31)29-17-15-26(16-18-29)32-10-6-5-9-30(32)22-38-34(41)28-7-3-2-4-8-28/h2-20,31,33,35,40H,21-24H2,1H3,(H,38,41)/t31-,33+,35+/m0/s1. The van der Waals surface area contributed by atoms with Crippen LogP contribution in [0.1, 0.15) is 51.4 Å². The number of aliphatic hydroxyl groups is 1. The summed E-state index contributed by atoms with van der Waals surface area (Å²) in [5.74, 6) is 0.648. The molecule has 4 aromatic carbocycles. The molecule has 6 rings (SSSR count). The quantitative estimate of drug-likeness (QED) is 0.170. The lowest BCUT2D eigenvalue weighted by molar-refractivity contribution is -0.245. The molecule has 0 radical (unpaired) electrons. The fraction of sp³-hybridized carbons (Fsp3) is 0.222. The Bertz CT molecular complexity index is 1670. The van der Waals surface area contributed by atoms with Crippen molar-refractivity contribution < 1.29 is 19.4 Å². The zero-order valence-electron chi connectivity index (χ0n) is 24.5. The minimum Gasteiger partial charge on any atom is -0.392 e. The molecule has 0 saturated carbocycles. The molecular formula is C36H35N3O4S. The number of carbonyl (C=O) groups excluding carboxylic acids is 1. The van der Waals surface area contributed by atoms with Crippen LogP contribution in [0.25, 0.3) is 11.1 Å². The maximum Gasteiger partial charge on any atom is 0.251 e. The highest BCUT2D eigenvalue weighted by atomic mass is 32.2. The van der Waals surface area contributed by atoms with Crippen LogP contribution in [0.2, 0.25) is 0 Å². The van der Waals surface area contributed by atoms with Crippen molar-refractivity contribution in [2.24, 2.45) is 7.05 Å². The summed E-state index contributed by atoms with van der Waals surface area (Å²) < 4.78 is 15.1. The third-order valence-corrected chi connectivity index (χ3v) is 8.97. The molecule has 3 atom stereocenters. The van der Waals surface area contributed by atoms with Crippen LogP contribution in [0.4, 0.5) is 0 Å². The molecule has 224 valence electrons. The second kappa shape index (κ2) is 14.1. The van der Waals surface area contributed by atoms with Crippen molar-refractivity contribution >= 4 is 17.7 Å². The first-order valence-corrected chi connectivity index (χ1v) is 15.7. The Morgan fingerprint density at radius 1 is 0.932 bits per heavy atom. The van der Waals surface area contributed by atoms with Crippen LogP contribution in [-0.4, -0.2) is 32.4 Å². The van der Waals surface area contributed by atoms with Crippen molar-refractivity contribution in [3.05, 3.63) is 143 Å². The molecular weight excluding hydrogens is 570 g/mol. The van der Waals surface area contributed by atoms with Crippen molar-refractivity contribution in [3.8, 4) is 11.1 Å². The Hall–Kier alpha value is -4.21. The van der Waals surface area contributed by atoms with Gasteiger partial charge in [-0.3, -0.25) is 4.79 Å². The van der Waals surface area contributed by atoms with E-state index in [1.165, 1.54) is 0 Å². The molecule has 0 spiro atoms. The van der Waals surface area contributed by atoms with Crippen LogP contribution in [0.5, 0.6) is 0 Å². The second-order valence-corrected chi connectivity index (χ2v) is 11.8. The number of nitrogens with zero attached hydrogens (tertiary/aromatic N) is 2. The molecule has 1 saturated heterocycles. The highest BCUT2D eigenvalue weighted by Crippen LogP contribution is 2.40. The number of nitrogens with one attached hydrogen (secondary N) is 1. The highest BCUT2D eigenvalue weighted by molar-refractivity contribution is 7.99. The van der Waals surface area contributed by atoms with Crippen LogP contribution >= 0.6 is 11.8 Å². The number of aromatic nitrogens is 2. The summed E-state index contributed by atoms with van der Waals surface area (Å²) in [5, 5.41) is 13.5. The van der Waals surface area contributed by atoms with E-state index in [9.17, 15) is 9.90 Å². The van der Waals surface area contributed by atoms with Gasteiger partial charge in [0.1, 0.15) is 0 Å². The van der Waals surface area contributed by atoms with Gasteiger partial charge in [-0.05, 0) is 39.9 Å². The lowest BCUT2D eigenvalue weighted by Crippen LogP contribution is -2.31. The smallest absolute Gasteiger partial charge is 0.251 e. The van der Waals surface area contributed by atoms with Crippen molar-refractivity contribution in [1.82, 2.24) is 14.9 Å². The number of aliphatic hydroxyl groups excluding tert-OH is 1. The van der Waals surface area contributed by atoms with Gasteiger partial charge < -0.3 is 24.5 Å². The van der Waals surface area contributed by atoms with Gasteiger partial charge in [0.05, 0.1) is 18.8 Å². The third-order valence-electron chi connectivity index (χ3n) is 7.78. The SMILES string of the molecule is Cn1ccnc1SC[C@@H]1C[C@H](c2ccc(CO)cc2)O[C@H](c2ccc(-c3ccccc3CNC(=O)c3ccccc3)cc2)O1. The molecule has 0 unspecified atom stereocenters. The molecule has 1 aliphatic heterocycles. The number of thioether (sulfide) groups is 1. The van der Waals surface area contributed by atoms with E-state index in [4.69, 9.17) is 9.47 Å². The number of carbonyl (C=O) groups is 1. The van der Waals surface area contributed by atoms with Crippen LogP contribution in [0.3, 0.4) is 0 Å². The fourth-order valence-corrected chi connectivity index (χ4v) is 6.27. The van der Waals surface area contributed by atoms with E-state index in [0.717, 1.165) is 44.3 Å². The van der Waals surface area contributed by atoms with Gasteiger partial charge in [-0.15, -0.1) is 0 Å². The average Bonchev–Trinajstić information content (AvgIpc) is 3.51. The highest BCUT2D eigenvalue weighted by Gasteiger charge is 2.32. The number of hydrogen-bond donors (Lipinski definition) is 2. The molecule has 44 heavy (non-hydrogen) atoms. The maximum absolute atomic E-state index is 12.6. The molecule has 2 heterocycles. The summed E-state index contributed by atoms with van der Waals surface area (Å²) in [4.78, 5) is 17.1. The van der Waals surface area contributed by atoms with E-state index < -0.39 is 6.29 Å². The summed E-state index contributed by atoms with van der Waals surface area (Å²) in [6, 6.07) is 33.6. The predicted octanol–water partition coefficient (Wildman–Crippen LogP) is 6.85. The molecule has 0 aliphatic carbocycles. The maximum atomic E-state index is 12.6. The van der Waals surface area contributed by atoms with Crippen LogP contribution in [0.15, 0.2) is 121 Å². The molecule has 1 aromatic heterocycles. The lowest BCUT2D eigenvalue weighted by Gasteiger charge is -2.36. The molecule has 2 N–H and O–H groups in total. The van der Waals surface area contributed by atoms with Crippen molar-refractivity contribution in [1.29, 1.82) is 0 Å². The van der Waals surface area contributed by atoms with Gasteiger partial charge in [0.15, 0.2) is 11.4 Å². The van der Waals surface area contributed by atoms with Crippen molar-refractivity contribution in [2.45, 2.75) is 43.2 Å². The van der Waals surface area contributed by atoms with E-state index in [2.05, 4.69) is 40.6 Å². The molecule has 1 fully saturated rings. The number of benzene rings is 4. The zero-order valence-corrected chi connectivity index (χ0v) is 25.3. The first-order valence-electron chi connectivity index (χ1n) is 14.7. The van der Waals surface area contributed by atoms with Gasteiger partial charge in [-0.2, -0.15) is 0 Å². The minimum atomic E-state index is -0.535. The first-order chi connectivity index (χ1) is 21.6. The molecule has 0 bridgehead atoms. The Kier molecular flexibility index (Phi) is 9.53. The zero-order chi connectivity index (χ0) is 30.3. The van der Waals surface area contributed by atoms with Gasteiger partial charge in [-0.1, -0.05) is 103 Å². The number of rotatable bonds is 10.